The number of hydrogen-bond acceptors (Lipinski definition) is 4. The van der Waals surface area contributed by atoms with Crippen molar-refractivity contribution in [3.63, 3.8) is 0 Å². The minimum absolute atomic E-state index is 0.473. The predicted molar refractivity (Wildman–Crippen MR) is 112 cm³/mol. The fourth-order valence-electron chi connectivity index (χ4n) is 3.96. The summed E-state index contributed by atoms with van der Waals surface area (Å²) < 4.78 is 1.97. The van der Waals surface area contributed by atoms with Crippen molar-refractivity contribution < 1.29 is 0 Å². The van der Waals surface area contributed by atoms with Crippen LogP contribution in [0.25, 0.3) is 22.3 Å². The van der Waals surface area contributed by atoms with E-state index in [2.05, 4.69) is 58.1 Å². The fourth-order valence-corrected chi connectivity index (χ4v) is 3.96. The number of fused-ring (bicyclic) bond motifs is 1. The normalized spacial score (nSPS) is 14.6. The van der Waals surface area contributed by atoms with Crippen LogP contribution in [-0.2, 0) is 6.54 Å². The van der Waals surface area contributed by atoms with Gasteiger partial charge in [0.15, 0.2) is 11.3 Å². The first-order chi connectivity index (χ1) is 13.9. The Morgan fingerprint density at radius 3 is 2.39 bits per heavy atom. The summed E-state index contributed by atoms with van der Waals surface area (Å²) in [6.07, 6.45) is 4.94. The van der Waals surface area contributed by atoms with Crippen molar-refractivity contribution >= 4 is 16.9 Å². The summed E-state index contributed by atoms with van der Waals surface area (Å²) in [5, 5.41) is 12.6. The summed E-state index contributed by atoms with van der Waals surface area (Å²) in [7, 11) is 0. The summed E-state index contributed by atoms with van der Waals surface area (Å²) in [6, 6.07) is 23.3. The molecular weight excluding hydrogens is 346 g/mol. The van der Waals surface area contributed by atoms with Gasteiger partial charge in [-0.1, -0.05) is 78.7 Å². The van der Waals surface area contributed by atoms with E-state index in [1.165, 1.54) is 31.2 Å². The van der Waals surface area contributed by atoms with E-state index in [0.717, 1.165) is 28.1 Å². The van der Waals surface area contributed by atoms with Crippen LogP contribution < -0.4 is 5.32 Å². The van der Waals surface area contributed by atoms with Crippen molar-refractivity contribution in [1.29, 1.82) is 0 Å². The molecule has 0 aliphatic heterocycles. The highest BCUT2D eigenvalue weighted by molar-refractivity contribution is 5.89. The van der Waals surface area contributed by atoms with Crippen molar-refractivity contribution in [3.8, 4) is 11.3 Å². The fraction of sp³-hybridized carbons (Fsp3) is 0.261. The molecule has 1 N–H and O–H groups in total. The van der Waals surface area contributed by atoms with Crippen LogP contribution in [0, 0.1) is 0 Å². The lowest BCUT2D eigenvalue weighted by atomic mass is 10.1. The molecular formula is C23H23N5. The van der Waals surface area contributed by atoms with E-state index in [1.807, 2.05) is 28.9 Å². The molecule has 0 atom stereocenters. The van der Waals surface area contributed by atoms with Crippen molar-refractivity contribution in [2.24, 2.45) is 0 Å². The van der Waals surface area contributed by atoms with Gasteiger partial charge in [-0.05, 0) is 24.5 Å². The third kappa shape index (κ3) is 3.36. The summed E-state index contributed by atoms with van der Waals surface area (Å²) in [5.41, 5.74) is 5.12. The van der Waals surface area contributed by atoms with E-state index in [1.54, 1.807) is 0 Å². The third-order valence-corrected chi connectivity index (χ3v) is 5.44. The van der Waals surface area contributed by atoms with Crippen molar-refractivity contribution in [2.45, 2.75) is 38.3 Å². The maximum atomic E-state index is 4.93. The Bertz CT molecular complexity index is 1070. The van der Waals surface area contributed by atoms with Crippen LogP contribution in [0.5, 0.6) is 0 Å². The van der Waals surface area contributed by atoms with Gasteiger partial charge in [0.1, 0.15) is 0 Å². The SMILES string of the molecule is c1ccc(Cn2nnc3c(NC4CCCC4)nc(-c4ccccc4)cc32)cc1. The zero-order chi connectivity index (χ0) is 18.8. The van der Waals surface area contributed by atoms with E-state index < -0.39 is 0 Å². The first-order valence-electron chi connectivity index (χ1n) is 9.97. The monoisotopic (exact) mass is 369 g/mol. The van der Waals surface area contributed by atoms with Gasteiger partial charge in [-0.3, -0.25) is 0 Å². The van der Waals surface area contributed by atoms with Gasteiger partial charge in [0.05, 0.1) is 17.8 Å². The number of nitrogens with zero attached hydrogens (tertiary/aromatic N) is 4. The maximum Gasteiger partial charge on any atom is 0.157 e. The first kappa shape index (κ1) is 16.9. The largest absolute Gasteiger partial charge is 0.365 e. The van der Waals surface area contributed by atoms with Crippen LogP contribution in [-0.4, -0.2) is 26.0 Å². The molecule has 2 aromatic carbocycles. The molecule has 1 aliphatic carbocycles. The Hall–Kier alpha value is -3.21. The molecule has 140 valence electrons. The zero-order valence-electron chi connectivity index (χ0n) is 15.8. The topological polar surface area (TPSA) is 55.6 Å². The van der Waals surface area contributed by atoms with Gasteiger partial charge in [0.2, 0.25) is 0 Å². The molecule has 1 fully saturated rings. The molecule has 0 amide bonds. The van der Waals surface area contributed by atoms with E-state index in [0.29, 0.717) is 12.6 Å². The van der Waals surface area contributed by atoms with Crippen LogP contribution >= 0.6 is 0 Å². The van der Waals surface area contributed by atoms with Crippen LogP contribution in [0.1, 0.15) is 31.2 Å². The Morgan fingerprint density at radius 1 is 0.929 bits per heavy atom. The molecule has 5 nitrogen and oxygen atoms in total. The van der Waals surface area contributed by atoms with Crippen molar-refractivity contribution in [3.05, 3.63) is 72.3 Å². The highest BCUT2D eigenvalue weighted by Gasteiger charge is 2.19. The van der Waals surface area contributed by atoms with Gasteiger partial charge in [-0.2, -0.15) is 0 Å². The molecule has 0 radical (unpaired) electrons. The molecule has 0 spiro atoms. The van der Waals surface area contributed by atoms with Crippen molar-refractivity contribution in [1.82, 2.24) is 20.0 Å². The van der Waals surface area contributed by atoms with Crippen LogP contribution in [0.3, 0.4) is 0 Å². The molecule has 0 bridgehead atoms. The maximum absolute atomic E-state index is 4.93. The predicted octanol–water partition coefficient (Wildman–Crippen LogP) is 4.90. The summed E-state index contributed by atoms with van der Waals surface area (Å²) in [6.45, 7) is 0.693. The highest BCUT2D eigenvalue weighted by Crippen LogP contribution is 2.29. The van der Waals surface area contributed by atoms with Crippen LogP contribution in [0.4, 0.5) is 5.82 Å². The molecule has 4 aromatic rings. The number of anilines is 1. The average Bonchev–Trinajstić information content (AvgIpc) is 3.40. The third-order valence-electron chi connectivity index (χ3n) is 5.44. The van der Waals surface area contributed by atoms with Gasteiger partial charge in [0.25, 0.3) is 0 Å². The standard InChI is InChI=1S/C23H23N5/c1-3-9-17(10-4-1)16-28-21-15-20(18-11-5-2-6-12-18)25-23(22(21)26-27-28)24-19-13-7-8-14-19/h1-6,9-12,15,19H,7-8,13-14,16H2,(H,24,25). The molecule has 2 heterocycles. The molecule has 1 saturated carbocycles. The second-order valence-electron chi connectivity index (χ2n) is 7.45. The molecule has 28 heavy (non-hydrogen) atoms. The Morgan fingerprint density at radius 2 is 1.64 bits per heavy atom. The summed E-state index contributed by atoms with van der Waals surface area (Å²) in [4.78, 5) is 4.93. The summed E-state index contributed by atoms with van der Waals surface area (Å²) >= 11 is 0. The Balaban J connectivity index is 1.60. The van der Waals surface area contributed by atoms with Gasteiger partial charge < -0.3 is 5.32 Å². The minimum Gasteiger partial charge on any atom is -0.365 e. The van der Waals surface area contributed by atoms with Crippen LogP contribution in [0.2, 0.25) is 0 Å². The van der Waals surface area contributed by atoms with Gasteiger partial charge in [-0.15, -0.1) is 5.10 Å². The number of benzene rings is 2. The van der Waals surface area contributed by atoms with Gasteiger partial charge in [-0.25, -0.2) is 9.67 Å². The lowest BCUT2D eigenvalue weighted by Crippen LogP contribution is -2.16. The molecule has 0 saturated heterocycles. The van der Waals surface area contributed by atoms with E-state index in [9.17, 15) is 0 Å². The summed E-state index contributed by atoms with van der Waals surface area (Å²) in [5.74, 6) is 0.850. The van der Waals surface area contributed by atoms with Gasteiger partial charge in [0, 0.05) is 11.6 Å². The van der Waals surface area contributed by atoms with Crippen LogP contribution in [0.15, 0.2) is 66.7 Å². The molecule has 0 unspecified atom stereocenters. The van der Waals surface area contributed by atoms with Gasteiger partial charge >= 0.3 is 0 Å². The molecule has 5 heteroatoms. The lowest BCUT2D eigenvalue weighted by molar-refractivity contribution is 0.670. The number of rotatable bonds is 5. The van der Waals surface area contributed by atoms with Crippen molar-refractivity contribution in [2.75, 3.05) is 5.32 Å². The molecule has 1 aliphatic rings. The number of aromatic nitrogens is 4. The Labute approximate surface area is 164 Å². The quantitative estimate of drug-likeness (QED) is 0.544. The Kier molecular flexibility index (Phi) is 4.49. The van der Waals surface area contributed by atoms with E-state index in [-0.39, 0.29) is 0 Å². The second kappa shape index (κ2) is 7.43. The molecule has 2 aromatic heterocycles. The highest BCUT2D eigenvalue weighted by atomic mass is 15.4. The first-order valence-corrected chi connectivity index (χ1v) is 9.97. The smallest absolute Gasteiger partial charge is 0.157 e. The zero-order valence-corrected chi connectivity index (χ0v) is 15.8. The number of pyridine rings is 1. The molecule has 5 rings (SSSR count). The van der Waals surface area contributed by atoms with E-state index in [4.69, 9.17) is 4.98 Å². The minimum atomic E-state index is 0.473. The number of nitrogens with one attached hydrogen (secondary N) is 1. The average molecular weight is 369 g/mol. The second-order valence-corrected chi connectivity index (χ2v) is 7.45. The number of hydrogen-bond donors (Lipinski definition) is 1. The van der Waals surface area contributed by atoms with E-state index >= 15 is 0 Å². The lowest BCUT2D eigenvalue weighted by Gasteiger charge is -2.14.